The molecule has 0 fully saturated rings. The van der Waals surface area contributed by atoms with Crippen LogP contribution < -0.4 is 5.73 Å². The van der Waals surface area contributed by atoms with Crippen LogP contribution in [0.25, 0.3) is 0 Å². The summed E-state index contributed by atoms with van der Waals surface area (Å²) in [4.78, 5) is 35.0. The third kappa shape index (κ3) is 46.1. The summed E-state index contributed by atoms with van der Waals surface area (Å²) < 4.78 is 32.9. The van der Waals surface area contributed by atoms with Gasteiger partial charge in [-0.2, -0.15) is 0 Å². The molecule has 350 valence electrons. The van der Waals surface area contributed by atoms with Crippen molar-refractivity contribution in [3.05, 3.63) is 12.2 Å². The van der Waals surface area contributed by atoms with Crippen LogP contribution in [0.2, 0.25) is 0 Å². The van der Waals surface area contributed by atoms with Crippen molar-refractivity contribution < 1.29 is 37.6 Å². The molecule has 59 heavy (non-hydrogen) atoms. The maximum atomic E-state index is 12.6. The van der Waals surface area contributed by atoms with Crippen LogP contribution in [0.3, 0.4) is 0 Å². The zero-order valence-corrected chi connectivity index (χ0v) is 39.7. The van der Waals surface area contributed by atoms with E-state index >= 15 is 0 Å². The molecule has 0 aromatic heterocycles. The van der Waals surface area contributed by atoms with Gasteiger partial charge in [0.15, 0.2) is 6.10 Å². The number of carbonyl (C=O) groups is 2. The second-order valence-corrected chi connectivity index (χ2v) is 18.5. The number of esters is 2. The smallest absolute Gasteiger partial charge is 0.462 e. The summed E-state index contributed by atoms with van der Waals surface area (Å²) in [6, 6.07) is 0. The van der Waals surface area contributed by atoms with Gasteiger partial charge in [0.1, 0.15) is 6.61 Å². The van der Waals surface area contributed by atoms with E-state index in [0.29, 0.717) is 6.42 Å². The van der Waals surface area contributed by atoms with E-state index < -0.39 is 26.5 Å². The average Bonchev–Trinajstić information content (AvgIpc) is 3.22. The second-order valence-electron chi connectivity index (χ2n) is 17.0. The Bertz CT molecular complexity index is 980. The quantitative estimate of drug-likeness (QED) is 0.0265. The maximum absolute atomic E-state index is 12.6. The summed E-state index contributed by atoms with van der Waals surface area (Å²) in [5.74, 6) is -0.818. The Morgan fingerprint density at radius 3 is 1.20 bits per heavy atom. The lowest BCUT2D eigenvalue weighted by molar-refractivity contribution is -0.161. The third-order valence-corrected chi connectivity index (χ3v) is 12.1. The van der Waals surface area contributed by atoms with E-state index in [-0.39, 0.29) is 38.6 Å². The standard InChI is InChI=1S/C49H96NO8P/c1-3-5-7-9-11-13-15-17-19-21-22-23-24-26-28-30-32-34-36-38-40-42-49(52)58-47(46-57-59(53,54)56-44-43-50)45-55-48(51)41-39-37-35-33-31-29-27-25-20-18-16-14-12-10-8-6-4-2/h18,20,47H,3-17,19,21-46,50H2,1-2H3,(H,53,54). The highest BCUT2D eigenvalue weighted by atomic mass is 31.2. The van der Waals surface area contributed by atoms with E-state index in [1.54, 1.807) is 0 Å². The summed E-state index contributed by atoms with van der Waals surface area (Å²) in [7, 11) is -4.38. The number of ether oxygens (including phenoxy) is 2. The highest BCUT2D eigenvalue weighted by molar-refractivity contribution is 7.47. The first-order chi connectivity index (χ1) is 28.8. The van der Waals surface area contributed by atoms with Gasteiger partial charge < -0.3 is 20.1 Å². The number of nitrogens with two attached hydrogens (primary N) is 1. The zero-order chi connectivity index (χ0) is 43.2. The summed E-state index contributed by atoms with van der Waals surface area (Å²) in [6.07, 6.45) is 49.6. The Balaban J connectivity index is 4.02. The maximum Gasteiger partial charge on any atom is 0.472 e. The SMILES string of the molecule is CCCCCCCCC=CCCCCCCCCCC(=O)OCC(COP(=O)(O)OCCN)OC(=O)CCCCCCCCCCCCCCCCCCCCCCC. The van der Waals surface area contributed by atoms with Crippen molar-refractivity contribution in [2.45, 2.75) is 264 Å². The molecule has 10 heteroatoms. The van der Waals surface area contributed by atoms with Gasteiger partial charge in [0.05, 0.1) is 13.2 Å². The van der Waals surface area contributed by atoms with E-state index in [2.05, 4.69) is 26.0 Å². The zero-order valence-electron chi connectivity index (χ0n) is 38.8. The van der Waals surface area contributed by atoms with Gasteiger partial charge in [-0.05, 0) is 38.5 Å². The number of phosphoric ester groups is 1. The first-order valence-electron chi connectivity index (χ1n) is 25.2. The predicted octanol–water partition coefficient (Wildman–Crippen LogP) is 15.0. The first-order valence-corrected chi connectivity index (χ1v) is 26.7. The van der Waals surface area contributed by atoms with E-state index in [1.165, 1.54) is 193 Å². The van der Waals surface area contributed by atoms with Gasteiger partial charge >= 0.3 is 19.8 Å². The second kappa shape index (κ2) is 46.3. The molecule has 0 aromatic carbocycles. The van der Waals surface area contributed by atoms with Crippen LogP contribution in [-0.4, -0.2) is 49.3 Å². The summed E-state index contributed by atoms with van der Waals surface area (Å²) in [5, 5.41) is 0. The molecule has 0 radical (unpaired) electrons. The van der Waals surface area contributed by atoms with Crippen molar-refractivity contribution in [3.8, 4) is 0 Å². The molecule has 0 aliphatic heterocycles. The Labute approximate surface area is 364 Å². The highest BCUT2D eigenvalue weighted by Crippen LogP contribution is 2.43. The summed E-state index contributed by atoms with van der Waals surface area (Å²) >= 11 is 0. The van der Waals surface area contributed by atoms with E-state index in [1.807, 2.05) is 0 Å². The summed E-state index contributed by atoms with van der Waals surface area (Å²) in [6.45, 7) is 3.78. The monoisotopic (exact) mass is 858 g/mol. The fraction of sp³-hybridized carbons (Fsp3) is 0.918. The molecule has 9 nitrogen and oxygen atoms in total. The van der Waals surface area contributed by atoms with Gasteiger partial charge in [-0.15, -0.1) is 0 Å². The molecule has 0 saturated carbocycles. The minimum absolute atomic E-state index is 0.0560. The fourth-order valence-electron chi connectivity index (χ4n) is 7.40. The molecule has 3 N–H and O–H groups in total. The molecule has 0 saturated heterocycles. The molecule has 0 heterocycles. The third-order valence-electron chi connectivity index (χ3n) is 11.2. The highest BCUT2D eigenvalue weighted by Gasteiger charge is 2.26. The van der Waals surface area contributed by atoms with Crippen LogP contribution in [0.1, 0.15) is 258 Å². The number of carbonyl (C=O) groups excluding carboxylic acids is 2. The molecule has 0 rings (SSSR count). The number of hydrogen-bond acceptors (Lipinski definition) is 8. The molecule has 0 aliphatic carbocycles. The van der Waals surface area contributed by atoms with Crippen molar-refractivity contribution in [2.24, 2.45) is 5.73 Å². The van der Waals surface area contributed by atoms with Gasteiger partial charge in [0.2, 0.25) is 0 Å². The van der Waals surface area contributed by atoms with Crippen molar-refractivity contribution in [3.63, 3.8) is 0 Å². The van der Waals surface area contributed by atoms with Crippen LogP contribution in [0, 0.1) is 0 Å². The molecule has 0 aromatic rings. The Morgan fingerprint density at radius 2 is 0.831 bits per heavy atom. The minimum atomic E-state index is -4.38. The molecular formula is C49H96NO8P. The summed E-state index contributed by atoms with van der Waals surface area (Å²) in [5.41, 5.74) is 5.36. The molecule has 2 unspecified atom stereocenters. The number of phosphoric acid groups is 1. The Morgan fingerprint density at radius 1 is 0.492 bits per heavy atom. The van der Waals surface area contributed by atoms with E-state index in [4.69, 9.17) is 24.3 Å². The first kappa shape index (κ1) is 57.8. The van der Waals surface area contributed by atoms with Crippen LogP contribution in [0.5, 0.6) is 0 Å². The largest absolute Gasteiger partial charge is 0.472 e. The Kier molecular flexibility index (Phi) is 45.3. The topological polar surface area (TPSA) is 134 Å². The van der Waals surface area contributed by atoms with Gasteiger partial charge in [-0.25, -0.2) is 4.57 Å². The number of rotatable bonds is 48. The van der Waals surface area contributed by atoms with E-state index in [0.717, 1.165) is 32.1 Å². The number of unbranched alkanes of at least 4 members (excludes halogenated alkanes) is 33. The molecule has 0 aliphatic rings. The van der Waals surface area contributed by atoms with Crippen LogP contribution in [-0.2, 0) is 32.7 Å². The van der Waals surface area contributed by atoms with Crippen LogP contribution >= 0.6 is 7.82 Å². The number of hydrogen-bond donors (Lipinski definition) is 2. The molecule has 0 spiro atoms. The lowest BCUT2D eigenvalue weighted by atomic mass is 10.0. The Hall–Kier alpha value is -1.25. The fourth-order valence-corrected chi connectivity index (χ4v) is 8.16. The molecular weight excluding hydrogens is 762 g/mol. The van der Waals surface area contributed by atoms with Gasteiger partial charge in [-0.3, -0.25) is 18.6 Å². The van der Waals surface area contributed by atoms with Crippen molar-refractivity contribution in [1.29, 1.82) is 0 Å². The average molecular weight is 858 g/mol. The van der Waals surface area contributed by atoms with Gasteiger partial charge in [0.25, 0.3) is 0 Å². The predicted molar refractivity (Wildman–Crippen MR) is 248 cm³/mol. The van der Waals surface area contributed by atoms with Gasteiger partial charge in [-0.1, -0.05) is 219 Å². The minimum Gasteiger partial charge on any atom is -0.462 e. The van der Waals surface area contributed by atoms with Crippen molar-refractivity contribution in [1.82, 2.24) is 0 Å². The van der Waals surface area contributed by atoms with Crippen molar-refractivity contribution in [2.75, 3.05) is 26.4 Å². The molecule has 2 atom stereocenters. The molecule has 0 amide bonds. The van der Waals surface area contributed by atoms with Gasteiger partial charge in [0, 0.05) is 19.4 Å². The molecule has 0 bridgehead atoms. The lowest BCUT2D eigenvalue weighted by Gasteiger charge is -2.19. The van der Waals surface area contributed by atoms with Crippen molar-refractivity contribution >= 4 is 19.8 Å². The lowest BCUT2D eigenvalue weighted by Crippen LogP contribution is -2.29. The number of allylic oxidation sites excluding steroid dienone is 2. The normalized spacial score (nSPS) is 13.2. The van der Waals surface area contributed by atoms with Crippen LogP contribution in [0.15, 0.2) is 12.2 Å². The van der Waals surface area contributed by atoms with E-state index in [9.17, 15) is 19.0 Å². The van der Waals surface area contributed by atoms with Crippen LogP contribution in [0.4, 0.5) is 0 Å².